The average molecular weight is 482 g/mol. The van der Waals surface area contributed by atoms with Gasteiger partial charge in [0.15, 0.2) is 0 Å². The summed E-state index contributed by atoms with van der Waals surface area (Å²) in [6, 6.07) is 23.1. The van der Waals surface area contributed by atoms with Gasteiger partial charge in [-0.3, -0.25) is 9.59 Å². The Morgan fingerprint density at radius 2 is 1.69 bits per heavy atom. The molecule has 0 bridgehead atoms. The molecule has 0 aliphatic carbocycles. The third-order valence-corrected chi connectivity index (χ3v) is 6.68. The molecule has 3 aromatic carbocycles. The lowest BCUT2D eigenvalue weighted by molar-refractivity contribution is -0.113. The van der Waals surface area contributed by atoms with Crippen molar-refractivity contribution in [3.8, 4) is 22.7 Å². The maximum atomic E-state index is 13.4. The Kier molecular flexibility index (Phi) is 6.01. The summed E-state index contributed by atoms with van der Waals surface area (Å²) >= 11 is 0.943. The smallest absolute Gasteiger partial charge is 0.298 e. The van der Waals surface area contributed by atoms with E-state index in [1.165, 1.54) is 4.90 Å². The molecule has 0 unspecified atom stereocenters. The number of hydrogen-bond acceptors (Lipinski definition) is 5. The van der Waals surface area contributed by atoms with E-state index < -0.39 is 0 Å². The minimum absolute atomic E-state index is 0.309. The summed E-state index contributed by atoms with van der Waals surface area (Å²) in [4.78, 5) is 27.9. The Balaban J connectivity index is 1.58. The van der Waals surface area contributed by atoms with Crippen LogP contribution < -0.4 is 9.64 Å². The quantitative estimate of drug-likeness (QED) is 0.308. The second kappa shape index (κ2) is 9.27. The first-order chi connectivity index (χ1) is 16.9. The lowest BCUT2D eigenvalue weighted by Crippen LogP contribution is -2.28. The molecule has 174 valence electrons. The predicted molar refractivity (Wildman–Crippen MR) is 140 cm³/mol. The molecule has 2 amide bonds. The van der Waals surface area contributed by atoms with Crippen LogP contribution in [-0.4, -0.2) is 28.0 Å². The molecule has 1 aromatic heterocycles. The van der Waals surface area contributed by atoms with Gasteiger partial charge in [-0.05, 0) is 85.3 Å². The number of imide groups is 1. The monoisotopic (exact) mass is 481 g/mol. The van der Waals surface area contributed by atoms with E-state index in [0.717, 1.165) is 45.5 Å². The number of aromatic nitrogens is 2. The number of rotatable bonds is 5. The van der Waals surface area contributed by atoms with Crippen molar-refractivity contribution in [3.05, 3.63) is 101 Å². The van der Waals surface area contributed by atoms with Crippen LogP contribution in [0.2, 0.25) is 0 Å². The summed E-state index contributed by atoms with van der Waals surface area (Å²) in [5.41, 5.74) is 5.69. The summed E-state index contributed by atoms with van der Waals surface area (Å²) in [6.45, 7) is 3.84. The zero-order valence-electron chi connectivity index (χ0n) is 19.6. The van der Waals surface area contributed by atoms with Gasteiger partial charge in [0.1, 0.15) is 5.75 Å². The van der Waals surface area contributed by atoms with Gasteiger partial charge in [0, 0.05) is 17.3 Å². The molecule has 0 atom stereocenters. The number of aryl methyl sites for hydroxylation is 2. The number of nitrogens with zero attached hydrogens (tertiary/aromatic N) is 3. The zero-order valence-corrected chi connectivity index (χ0v) is 20.4. The van der Waals surface area contributed by atoms with E-state index in [4.69, 9.17) is 9.84 Å². The number of ether oxygens (including phenoxy) is 1. The summed E-state index contributed by atoms with van der Waals surface area (Å²) in [7, 11) is 1.62. The molecule has 1 aliphatic rings. The van der Waals surface area contributed by atoms with E-state index in [2.05, 4.69) is 0 Å². The molecule has 1 aliphatic heterocycles. The third-order valence-electron chi connectivity index (χ3n) is 5.81. The van der Waals surface area contributed by atoms with Gasteiger partial charge < -0.3 is 4.74 Å². The number of hydrogen-bond donors (Lipinski definition) is 0. The Hall–Kier alpha value is -4.10. The van der Waals surface area contributed by atoms with E-state index in [1.54, 1.807) is 17.9 Å². The topological polar surface area (TPSA) is 64.4 Å². The van der Waals surface area contributed by atoms with Crippen molar-refractivity contribution in [2.24, 2.45) is 0 Å². The van der Waals surface area contributed by atoms with Crippen molar-refractivity contribution in [2.75, 3.05) is 12.0 Å². The summed E-state index contributed by atoms with van der Waals surface area (Å²) in [6.07, 6.45) is 3.63. The molecule has 1 fully saturated rings. The highest BCUT2D eigenvalue weighted by molar-refractivity contribution is 8.19. The molecule has 0 spiro atoms. The van der Waals surface area contributed by atoms with Gasteiger partial charge in [-0.2, -0.15) is 5.10 Å². The first kappa shape index (κ1) is 22.7. The minimum Gasteiger partial charge on any atom is -0.497 e. The van der Waals surface area contributed by atoms with Crippen molar-refractivity contribution >= 4 is 34.7 Å². The predicted octanol–water partition coefficient (Wildman–Crippen LogP) is 6.41. The van der Waals surface area contributed by atoms with E-state index in [1.807, 2.05) is 92.8 Å². The number of carbonyl (C=O) groups is 2. The number of anilines is 1. The Morgan fingerprint density at radius 1 is 0.943 bits per heavy atom. The van der Waals surface area contributed by atoms with Crippen molar-refractivity contribution in [3.63, 3.8) is 0 Å². The van der Waals surface area contributed by atoms with E-state index in [-0.39, 0.29) is 11.1 Å². The van der Waals surface area contributed by atoms with Gasteiger partial charge in [0.2, 0.25) is 0 Å². The lowest BCUT2D eigenvalue weighted by atomic mass is 10.1. The zero-order chi connectivity index (χ0) is 24.5. The summed E-state index contributed by atoms with van der Waals surface area (Å²) in [5.74, 6) is 0.411. The number of methoxy groups -OCH3 is 1. The molecule has 2 heterocycles. The molecular formula is C28H23N3O3S. The third kappa shape index (κ3) is 4.38. The van der Waals surface area contributed by atoms with Crippen LogP contribution in [0.3, 0.4) is 0 Å². The van der Waals surface area contributed by atoms with Gasteiger partial charge in [-0.25, -0.2) is 9.58 Å². The highest BCUT2D eigenvalue weighted by Crippen LogP contribution is 2.38. The van der Waals surface area contributed by atoms with E-state index >= 15 is 0 Å². The fourth-order valence-corrected chi connectivity index (χ4v) is 4.78. The van der Waals surface area contributed by atoms with E-state index in [9.17, 15) is 9.59 Å². The Morgan fingerprint density at radius 3 is 2.40 bits per heavy atom. The number of para-hydroxylation sites is 1. The van der Waals surface area contributed by atoms with Crippen LogP contribution in [-0.2, 0) is 4.79 Å². The van der Waals surface area contributed by atoms with Gasteiger partial charge in [0.05, 0.1) is 29.1 Å². The average Bonchev–Trinajstić information content (AvgIpc) is 3.42. The number of carbonyl (C=O) groups excluding carboxylic acids is 2. The molecular weight excluding hydrogens is 458 g/mol. The number of amides is 2. The van der Waals surface area contributed by atoms with E-state index in [0.29, 0.717) is 16.3 Å². The fourth-order valence-electron chi connectivity index (χ4n) is 3.96. The maximum absolute atomic E-state index is 13.4. The summed E-state index contributed by atoms with van der Waals surface area (Å²) < 4.78 is 7.06. The normalized spacial score (nSPS) is 14.7. The number of benzene rings is 3. The maximum Gasteiger partial charge on any atom is 0.298 e. The first-order valence-electron chi connectivity index (χ1n) is 11.1. The molecule has 35 heavy (non-hydrogen) atoms. The van der Waals surface area contributed by atoms with Gasteiger partial charge in [0.25, 0.3) is 11.1 Å². The van der Waals surface area contributed by atoms with Crippen molar-refractivity contribution in [2.45, 2.75) is 13.8 Å². The molecule has 0 N–H and O–H groups in total. The van der Waals surface area contributed by atoms with Crippen LogP contribution in [0.5, 0.6) is 5.75 Å². The highest BCUT2D eigenvalue weighted by Gasteiger charge is 2.37. The fraction of sp³-hybridized carbons (Fsp3) is 0.107. The van der Waals surface area contributed by atoms with Gasteiger partial charge in [-0.15, -0.1) is 0 Å². The van der Waals surface area contributed by atoms with Crippen LogP contribution in [0, 0.1) is 13.8 Å². The molecule has 4 aromatic rings. The standard InChI is InChI=1S/C28H23N3O3S/c1-18-9-10-19(2)24(15-18)31-27(32)25(35-28(31)33)16-21-17-30(22-7-5-4-6-8-22)29-26(21)20-11-13-23(34-3)14-12-20/h4-17H,1-3H3/b25-16-. The van der Waals surface area contributed by atoms with Gasteiger partial charge in [-0.1, -0.05) is 30.3 Å². The van der Waals surface area contributed by atoms with Crippen LogP contribution in [0.15, 0.2) is 83.9 Å². The second-order valence-corrected chi connectivity index (χ2v) is 9.24. The molecule has 1 saturated heterocycles. The highest BCUT2D eigenvalue weighted by atomic mass is 32.2. The van der Waals surface area contributed by atoms with Crippen LogP contribution in [0.4, 0.5) is 10.5 Å². The summed E-state index contributed by atoms with van der Waals surface area (Å²) in [5, 5.41) is 4.50. The van der Waals surface area contributed by atoms with Crippen molar-refractivity contribution in [1.29, 1.82) is 0 Å². The first-order valence-corrected chi connectivity index (χ1v) is 11.9. The Labute approximate surface area is 207 Å². The Bertz CT molecular complexity index is 1460. The van der Waals surface area contributed by atoms with Crippen molar-refractivity contribution < 1.29 is 14.3 Å². The molecule has 5 rings (SSSR count). The van der Waals surface area contributed by atoms with Gasteiger partial charge >= 0.3 is 0 Å². The largest absolute Gasteiger partial charge is 0.497 e. The molecule has 0 saturated carbocycles. The van der Waals surface area contributed by atoms with Crippen LogP contribution >= 0.6 is 11.8 Å². The van der Waals surface area contributed by atoms with Crippen LogP contribution in [0.25, 0.3) is 23.0 Å². The molecule has 6 nitrogen and oxygen atoms in total. The van der Waals surface area contributed by atoms with Crippen molar-refractivity contribution in [1.82, 2.24) is 9.78 Å². The minimum atomic E-state index is -0.332. The second-order valence-electron chi connectivity index (χ2n) is 8.25. The lowest BCUT2D eigenvalue weighted by Gasteiger charge is -2.16. The number of thioether (sulfide) groups is 1. The van der Waals surface area contributed by atoms with Crippen LogP contribution in [0.1, 0.15) is 16.7 Å². The SMILES string of the molecule is COc1ccc(-c2nn(-c3ccccc3)cc2/C=C2\SC(=O)N(c3cc(C)ccc3C)C2=O)cc1. The molecule has 0 radical (unpaired) electrons. The molecule has 7 heteroatoms.